The number of aryl methyl sites for hydroxylation is 1. The first-order valence-corrected chi connectivity index (χ1v) is 8.44. The summed E-state index contributed by atoms with van der Waals surface area (Å²) in [4.78, 5) is 4.59. The molecule has 124 valence electrons. The van der Waals surface area contributed by atoms with Crippen LogP contribution in [-0.2, 0) is 11.3 Å². The number of hydrogen-bond donors (Lipinski definition) is 0. The average Bonchev–Trinajstić information content (AvgIpc) is 2.97. The molecule has 4 nitrogen and oxygen atoms in total. The van der Waals surface area contributed by atoms with Crippen LogP contribution in [0.2, 0.25) is 0 Å². The molecule has 0 amide bonds. The highest BCUT2D eigenvalue weighted by molar-refractivity contribution is 5.56. The topological polar surface area (TPSA) is 44.5 Å². The lowest BCUT2D eigenvalue weighted by Gasteiger charge is -2.20. The molecule has 0 unspecified atom stereocenters. The Morgan fingerprint density at radius 1 is 1.22 bits per heavy atom. The van der Waals surface area contributed by atoms with Crippen molar-refractivity contribution in [2.24, 2.45) is 5.92 Å². The highest BCUT2D eigenvalue weighted by Crippen LogP contribution is 2.26. The van der Waals surface area contributed by atoms with E-state index in [4.69, 9.17) is 13.9 Å². The van der Waals surface area contributed by atoms with Crippen LogP contribution in [-0.4, -0.2) is 18.7 Å². The van der Waals surface area contributed by atoms with Crippen molar-refractivity contribution in [2.45, 2.75) is 45.6 Å². The second-order valence-electron chi connectivity index (χ2n) is 6.27. The number of methoxy groups -OCH3 is 1. The molecule has 0 aliphatic heterocycles. The lowest BCUT2D eigenvalue weighted by Crippen LogP contribution is -2.13. The van der Waals surface area contributed by atoms with Gasteiger partial charge in [-0.1, -0.05) is 25.3 Å². The smallest absolute Gasteiger partial charge is 0.226 e. The maximum Gasteiger partial charge on any atom is 0.226 e. The lowest BCUT2D eigenvalue weighted by molar-refractivity contribution is 0.0716. The van der Waals surface area contributed by atoms with Crippen LogP contribution < -0.4 is 4.74 Å². The van der Waals surface area contributed by atoms with Gasteiger partial charge in [0.05, 0.1) is 13.7 Å². The Balaban J connectivity index is 1.61. The quantitative estimate of drug-likeness (QED) is 0.771. The van der Waals surface area contributed by atoms with Crippen molar-refractivity contribution in [3.8, 4) is 17.2 Å². The Morgan fingerprint density at radius 2 is 2.04 bits per heavy atom. The molecule has 0 bridgehead atoms. The Kier molecular flexibility index (Phi) is 5.34. The van der Waals surface area contributed by atoms with E-state index >= 15 is 0 Å². The van der Waals surface area contributed by atoms with E-state index in [0.29, 0.717) is 18.4 Å². The van der Waals surface area contributed by atoms with Gasteiger partial charge in [0.1, 0.15) is 17.2 Å². The van der Waals surface area contributed by atoms with E-state index in [1.165, 1.54) is 32.1 Å². The molecule has 0 saturated heterocycles. The molecule has 23 heavy (non-hydrogen) atoms. The third-order valence-electron chi connectivity index (χ3n) is 4.53. The summed E-state index contributed by atoms with van der Waals surface area (Å²) in [6, 6.07) is 7.75. The number of benzene rings is 1. The maximum atomic E-state index is 5.89. The van der Waals surface area contributed by atoms with Crippen LogP contribution in [0.3, 0.4) is 0 Å². The first-order chi connectivity index (χ1) is 11.3. The van der Waals surface area contributed by atoms with Gasteiger partial charge in [-0.25, -0.2) is 4.98 Å². The minimum Gasteiger partial charge on any atom is -0.497 e. The molecule has 0 N–H and O–H groups in total. The first-order valence-electron chi connectivity index (χ1n) is 8.44. The summed E-state index contributed by atoms with van der Waals surface area (Å²) in [7, 11) is 1.66. The van der Waals surface area contributed by atoms with Gasteiger partial charge in [0, 0.05) is 12.2 Å². The molecule has 0 spiro atoms. The molecule has 1 heterocycles. The zero-order valence-corrected chi connectivity index (χ0v) is 14.0. The molecule has 3 rings (SSSR count). The van der Waals surface area contributed by atoms with Crippen LogP contribution in [0.4, 0.5) is 0 Å². The predicted octanol–water partition coefficient (Wildman–Crippen LogP) is 4.76. The minimum atomic E-state index is 0.524. The largest absolute Gasteiger partial charge is 0.497 e. The fraction of sp³-hybridized carbons (Fsp3) is 0.526. The second-order valence-corrected chi connectivity index (χ2v) is 6.27. The van der Waals surface area contributed by atoms with Gasteiger partial charge in [0.15, 0.2) is 0 Å². The molecule has 0 radical (unpaired) electrons. The van der Waals surface area contributed by atoms with Crippen molar-refractivity contribution in [2.75, 3.05) is 13.7 Å². The van der Waals surface area contributed by atoms with Crippen LogP contribution in [0.15, 0.2) is 28.7 Å². The van der Waals surface area contributed by atoms with E-state index in [2.05, 4.69) is 4.98 Å². The minimum absolute atomic E-state index is 0.524. The average molecular weight is 315 g/mol. The summed E-state index contributed by atoms with van der Waals surface area (Å²) < 4.78 is 16.9. The molecule has 1 saturated carbocycles. The molecule has 1 aromatic heterocycles. The SMILES string of the molecule is COc1cccc(-c2nc(COCC3CCCCC3)c(C)o2)c1. The standard InChI is InChI=1S/C19H25NO3/c1-14-18(13-22-12-15-7-4-3-5-8-15)20-19(23-14)16-9-6-10-17(11-16)21-2/h6,9-11,15H,3-5,7-8,12-13H2,1-2H3. The van der Waals surface area contributed by atoms with Crippen molar-refractivity contribution < 1.29 is 13.9 Å². The number of oxazole rings is 1. The van der Waals surface area contributed by atoms with Gasteiger partial charge in [-0.05, 0) is 43.9 Å². The van der Waals surface area contributed by atoms with E-state index in [-0.39, 0.29) is 0 Å². The Labute approximate surface area is 137 Å². The number of ether oxygens (including phenoxy) is 2. The van der Waals surface area contributed by atoms with Gasteiger partial charge >= 0.3 is 0 Å². The van der Waals surface area contributed by atoms with Gasteiger partial charge in [-0.2, -0.15) is 0 Å². The van der Waals surface area contributed by atoms with Gasteiger partial charge in [-0.15, -0.1) is 0 Å². The Hall–Kier alpha value is -1.81. The third-order valence-corrected chi connectivity index (χ3v) is 4.53. The van der Waals surface area contributed by atoms with E-state index in [9.17, 15) is 0 Å². The second kappa shape index (κ2) is 7.64. The predicted molar refractivity (Wildman–Crippen MR) is 89.5 cm³/mol. The lowest BCUT2D eigenvalue weighted by atomic mass is 9.90. The van der Waals surface area contributed by atoms with Crippen molar-refractivity contribution in [1.29, 1.82) is 0 Å². The molecule has 0 atom stereocenters. The van der Waals surface area contributed by atoms with Crippen molar-refractivity contribution in [3.63, 3.8) is 0 Å². The fourth-order valence-corrected chi connectivity index (χ4v) is 3.12. The summed E-state index contributed by atoms with van der Waals surface area (Å²) in [5.74, 6) is 2.96. The van der Waals surface area contributed by atoms with E-state index in [0.717, 1.165) is 29.4 Å². The van der Waals surface area contributed by atoms with Crippen molar-refractivity contribution >= 4 is 0 Å². The van der Waals surface area contributed by atoms with Crippen LogP contribution in [0.1, 0.15) is 43.6 Å². The van der Waals surface area contributed by atoms with Crippen LogP contribution >= 0.6 is 0 Å². The Morgan fingerprint density at radius 3 is 2.83 bits per heavy atom. The van der Waals surface area contributed by atoms with E-state index in [1.54, 1.807) is 7.11 Å². The fourth-order valence-electron chi connectivity index (χ4n) is 3.12. The molecule has 1 aliphatic rings. The normalized spacial score (nSPS) is 15.7. The molecular weight excluding hydrogens is 290 g/mol. The zero-order valence-electron chi connectivity index (χ0n) is 14.0. The van der Waals surface area contributed by atoms with Gasteiger partial charge < -0.3 is 13.9 Å². The highest BCUT2D eigenvalue weighted by Gasteiger charge is 2.15. The summed E-state index contributed by atoms with van der Waals surface area (Å²) in [5, 5.41) is 0. The zero-order chi connectivity index (χ0) is 16.1. The van der Waals surface area contributed by atoms with E-state index < -0.39 is 0 Å². The van der Waals surface area contributed by atoms with Crippen LogP contribution in [0, 0.1) is 12.8 Å². The van der Waals surface area contributed by atoms with Gasteiger partial charge in [0.2, 0.25) is 5.89 Å². The molecule has 1 fully saturated rings. The summed E-state index contributed by atoms with van der Waals surface area (Å²) in [6.45, 7) is 3.30. The monoisotopic (exact) mass is 315 g/mol. The number of aromatic nitrogens is 1. The molecule has 1 aliphatic carbocycles. The Bertz CT molecular complexity index is 629. The molecule has 4 heteroatoms. The number of hydrogen-bond acceptors (Lipinski definition) is 4. The summed E-state index contributed by atoms with van der Waals surface area (Å²) in [6.07, 6.45) is 6.66. The molecule has 1 aromatic carbocycles. The number of nitrogens with zero attached hydrogens (tertiary/aromatic N) is 1. The first kappa shape index (κ1) is 16.1. The van der Waals surface area contributed by atoms with Gasteiger partial charge in [0.25, 0.3) is 0 Å². The van der Waals surface area contributed by atoms with Crippen LogP contribution in [0.25, 0.3) is 11.5 Å². The summed E-state index contributed by atoms with van der Waals surface area (Å²) >= 11 is 0. The number of rotatable bonds is 6. The van der Waals surface area contributed by atoms with Crippen molar-refractivity contribution in [1.82, 2.24) is 4.98 Å². The molecule has 2 aromatic rings. The van der Waals surface area contributed by atoms with E-state index in [1.807, 2.05) is 31.2 Å². The third kappa shape index (κ3) is 4.14. The molecular formula is C19H25NO3. The van der Waals surface area contributed by atoms with Crippen molar-refractivity contribution in [3.05, 3.63) is 35.7 Å². The van der Waals surface area contributed by atoms with Crippen LogP contribution in [0.5, 0.6) is 5.75 Å². The summed E-state index contributed by atoms with van der Waals surface area (Å²) in [5.41, 5.74) is 1.81. The van der Waals surface area contributed by atoms with Gasteiger partial charge in [-0.3, -0.25) is 0 Å². The highest BCUT2D eigenvalue weighted by atomic mass is 16.5. The maximum absolute atomic E-state index is 5.89.